The molecule has 5 aromatic rings. The predicted molar refractivity (Wildman–Crippen MR) is 106 cm³/mol. The van der Waals surface area contributed by atoms with E-state index in [4.69, 9.17) is 0 Å². The molecular weight excluding hydrogens is 304 g/mol. The van der Waals surface area contributed by atoms with Crippen molar-refractivity contribution in [1.29, 1.82) is 0 Å². The van der Waals surface area contributed by atoms with E-state index in [1.165, 1.54) is 10.8 Å². The zero-order valence-corrected chi connectivity index (χ0v) is 13.6. The third-order valence-electron chi connectivity index (χ3n) is 4.93. The van der Waals surface area contributed by atoms with Gasteiger partial charge in [0.05, 0.1) is 0 Å². The van der Waals surface area contributed by atoms with Gasteiger partial charge in [0.15, 0.2) is 0 Å². The highest BCUT2D eigenvalue weighted by atomic mass is 16.3. The predicted octanol–water partition coefficient (Wildman–Crippen LogP) is 6.52. The summed E-state index contributed by atoms with van der Waals surface area (Å²) in [5.41, 5.74) is 1.94. The lowest BCUT2D eigenvalue weighted by Gasteiger charge is -2.15. The molecule has 0 saturated carbocycles. The molecule has 5 aromatic carbocycles. The van der Waals surface area contributed by atoms with Gasteiger partial charge >= 0.3 is 0 Å². The Balaban J connectivity index is 2.03. The fourth-order valence-corrected chi connectivity index (χ4v) is 3.75. The van der Waals surface area contributed by atoms with E-state index in [1.807, 2.05) is 42.5 Å². The number of hydrogen-bond donors (Lipinski definition) is 1. The van der Waals surface area contributed by atoms with E-state index in [1.54, 1.807) is 0 Å². The number of benzene rings is 5. The van der Waals surface area contributed by atoms with E-state index in [2.05, 4.69) is 48.5 Å². The van der Waals surface area contributed by atoms with Gasteiger partial charge in [0.25, 0.3) is 0 Å². The van der Waals surface area contributed by atoms with Crippen molar-refractivity contribution in [2.24, 2.45) is 0 Å². The monoisotopic (exact) mass is 320 g/mol. The third-order valence-corrected chi connectivity index (χ3v) is 4.93. The van der Waals surface area contributed by atoms with Crippen molar-refractivity contribution in [3.8, 4) is 16.9 Å². The van der Waals surface area contributed by atoms with Gasteiger partial charge in [0, 0.05) is 10.9 Å². The Kier molecular flexibility index (Phi) is 3.01. The summed E-state index contributed by atoms with van der Waals surface area (Å²) in [6, 6.07) is 31.0. The van der Waals surface area contributed by atoms with Crippen molar-refractivity contribution in [2.75, 3.05) is 0 Å². The zero-order valence-electron chi connectivity index (χ0n) is 13.6. The summed E-state index contributed by atoms with van der Waals surface area (Å²) in [6.45, 7) is 0. The van der Waals surface area contributed by atoms with Crippen LogP contribution in [0.1, 0.15) is 0 Å². The van der Waals surface area contributed by atoms with E-state index < -0.39 is 0 Å². The maximum absolute atomic E-state index is 11.2. The van der Waals surface area contributed by atoms with Crippen molar-refractivity contribution >= 4 is 32.3 Å². The van der Waals surface area contributed by atoms with Crippen LogP contribution in [0.15, 0.2) is 91.0 Å². The second-order valence-electron chi connectivity index (χ2n) is 6.38. The summed E-state index contributed by atoms with van der Waals surface area (Å²) in [7, 11) is 0. The number of phenolic OH excluding ortho intramolecular Hbond substituents is 1. The SMILES string of the molecule is Oc1c(-c2ccccc2)c2ccccc2c2cc3ccccc3cc12. The molecule has 0 radical (unpaired) electrons. The van der Waals surface area contributed by atoms with Crippen LogP contribution in [0.3, 0.4) is 0 Å². The van der Waals surface area contributed by atoms with Crippen molar-refractivity contribution in [3.05, 3.63) is 91.0 Å². The second kappa shape index (κ2) is 5.35. The maximum Gasteiger partial charge on any atom is 0.131 e. The van der Waals surface area contributed by atoms with Gasteiger partial charge in [-0.05, 0) is 44.6 Å². The molecule has 0 aromatic heterocycles. The Morgan fingerprint density at radius 3 is 1.76 bits per heavy atom. The van der Waals surface area contributed by atoms with Crippen LogP contribution < -0.4 is 0 Å². The van der Waals surface area contributed by atoms with Gasteiger partial charge in [-0.3, -0.25) is 0 Å². The highest BCUT2D eigenvalue weighted by molar-refractivity contribution is 6.20. The van der Waals surface area contributed by atoms with Crippen LogP contribution in [-0.4, -0.2) is 5.11 Å². The molecule has 1 N–H and O–H groups in total. The first kappa shape index (κ1) is 14.1. The molecular formula is C24H16O. The van der Waals surface area contributed by atoms with Gasteiger partial charge in [-0.1, -0.05) is 78.9 Å². The summed E-state index contributed by atoms with van der Waals surface area (Å²) < 4.78 is 0. The quantitative estimate of drug-likeness (QED) is 0.275. The zero-order chi connectivity index (χ0) is 16.8. The maximum atomic E-state index is 11.2. The Hall–Kier alpha value is -3.32. The first-order valence-corrected chi connectivity index (χ1v) is 8.44. The smallest absolute Gasteiger partial charge is 0.131 e. The summed E-state index contributed by atoms with van der Waals surface area (Å²) in [6.07, 6.45) is 0. The van der Waals surface area contributed by atoms with Gasteiger partial charge in [-0.15, -0.1) is 0 Å². The Morgan fingerprint density at radius 2 is 1.04 bits per heavy atom. The largest absolute Gasteiger partial charge is 0.507 e. The van der Waals surface area contributed by atoms with Crippen LogP contribution in [0.5, 0.6) is 5.75 Å². The van der Waals surface area contributed by atoms with Gasteiger partial charge in [0.2, 0.25) is 0 Å². The molecule has 5 rings (SSSR count). The molecule has 0 atom stereocenters. The minimum Gasteiger partial charge on any atom is -0.507 e. The molecule has 0 aliphatic rings. The van der Waals surface area contributed by atoms with E-state index >= 15 is 0 Å². The van der Waals surface area contributed by atoms with Crippen molar-refractivity contribution in [1.82, 2.24) is 0 Å². The fraction of sp³-hybridized carbons (Fsp3) is 0. The molecule has 0 spiro atoms. The van der Waals surface area contributed by atoms with Gasteiger partial charge < -0.3 is 5.11 Å². The highest BCUT2D eigenvalue weighted by Crippen LogP contribution is 2.44. The second-order valence-corrected chi connectivity index (χ2v) is 6.38. The van der Waals surface area contributed by atoms with Gasteiger partial charge in [-0.2, -0.15) is 0 Å². The molecule has 25 heavy (non-hydrogen) atoms. The molecule has 0 fully saturated rings. The normalized spacial score (nSPS) is 11.4. The lowest BCUT2D eigenvalue weighted by atomic mass is 9.91. The fourth-order valence-electron chi connectivity index (χ4n) is 3.75. The molecule has 0 bridgehead atoms. The minimum absolute atomic E-state index is 0.352. The Morgan fingerprint density at radius 1 is 0.480 bits per heavy atom. The van der Waals surface area contributed by atoms with Crippen LogP contribution in [0.2, 0.25) is 0 Å². The number of hydrogen-bond acceptors (Lipinski definition) is 1. The van der Waals surface area contributed by atoms with Crippen LogP contribution in [0.25, 0.3) is 43.4 Å². The van der Waals surface area contributed by atoms with E-state index in [-0.39, 0.29) is 0 Å². The highest BCUT2D eigenvalue weighted by Gasteiger charge is 2.15. The third kappa shape index (κ3) is 2.10. The summed E-state index contributed by atoms with van der Waals surface area (Å²) in [4.78, 5) is 0. The summed E-state index contributed by atoms with van der Waals surface area (Å²) in [5, 5.41) is 17.7. The molecule has 118 valence electrons. The van der Waals surface area contributed by atoms with Crippen LogP contribution >= 0.6 is 0 Å². The van der Waals surface area contributed by atoms with Crippen molar-refractivity contribution in [3.63, 3.8) is 0 Å². The molecule has 1 nitrogen and oxygen atoms in total. The standard InChI is InChI=1S/C24H16O/c25-24-22-15-18-11-5-4-10-17(18)14-21(22)19-12-6-7-13-20(19)23(24)16-8-2-1-3-9-16/h1-15,25H. The summed E-state index contributed by atoms with van der Waals surface area (Å²) >= 11 is 0. The van der Waals surface area contributed by atoms with Gasteiger partial charge in [-0.25, -0.2) is 0 Å². The van der Waals surface area contributed by atoms with E-state index in [0.717, 1.165) is 32.7 Å². The lowest BCUT2D eigenvalue weighted by molar-refractivity contribution is 0.484. The molecule has 0 saturated heterocycles. The van der Waals surface area contributed by atoms with Gasteiger partial charge in [0.1, 0.15) is 5.75 Å². The first-order chi connectivity index (χ1) is 12.3. The Labute approximate surface area is 145 Å². The van der Waals surface area contributed by atoms with E-state index in [0.29, 0.717) is 5.75 Å². The average Bonchev–Trinajstić information content (AvgIpc) is 2.68. The van der Waals surface area contributed by atoms with Crippen LogP contribution in [0, 0.1) is 0 Å². The molecule has 0 unspecified atom stereocenters. The first-order valence-electron chi connectivity index (χ1n) is 8.44. The molecule has 1 heteroatoms. The number of aromatic hydroxyl groups is 1. The summed E-state index contributed by atoms with van der Waals surface area (Å²) in [5.74, 6) is 0.352. The van der Waals surface area contributed by atoms with Crippen molar-refractivity contribution in [2.45, 2.75) is 0 Å². The number of rotatable bonds is 1. The van der Waals surface area contributed by atoms with Crippen LogP contribution in [0.4, 0.5) is 0 Å². The van der Waals surface area contributed by atoms with Crippen molar-refractivity contribution < 1.29 is 5.11 Å². The average molecular weight is 320 g/mol. The number of phenols is 1. The molecule has 0 heterocycles. The topological polar surface area (TPSA) is 20.2 Å². The molecule has 0 amide bonds. The number of fused-ring (bicyclic) bond motifs is 4. The molecule has 0 aliphatic carbocycles. The molecule has 0 aliphatic heterocycles. The lowest BCUT2D eigenvalue weighted by Crippen LogP contribution is -1.87. The van der Waals surface area contributed by atoms with Crippen LogP contribution in [-0.2, 0) is 0 Å². The Bertz CT molecular complexity index is 1240. The van der Waals surface area contributed by atoms with E-state index in [9.17, 15) is 5.11 Å². The minimum atomic E-state index is 0.352.